The Morgan fingerprint density at radius 3 is 2.65 bits per heavy atom. The molecule has 0 aliphatic carbocycles. The van der Waals surface area contributed by atoms with Crippen LogP contribution in [0.5, 0.6) is 0 Å². The molecule has 2 rings (SSSR count). The summed E-state index contributed by atoms with van der Waals surface area (Å²) in [5.74, 6) is 0. The summed E-state index contributed by atoms with van der Waals surface area (Å²) in [4.78, 5) is 2.05. The van der Waals surface area contributed by atoms with E-state index in [1.807, 2.05) is 37.4 Å². The number of hydrogen-bond acceptors (Lipinski definition) is 6. The van der Waals surface area contributed by atoms with Crippen molar-refractivity contribution in [2.24, 2.45) is 0 Å². The molecule has 6 heteroatoms. The summed E-state index contributed by atoms with van der Waals surface area (Å²) < 4.78 is 0. The van der Waals surface area contributed by atoms with Crippen molar-refractivity contribution in [1.82, 2.24) is 0 Å². The number of aliphatic hydroxyl groups is 2. The summed E-state index contributed by atoms with van der Waals surface area (Å²) in [6.07, 6.45) is -0.794. The van der Waals surface area contributed by atoms with Crippen LogP contribution in [0.15, 0.2) is 42.5 Å². The van der Waals surface area contributed by atoms with Gasteiger partial charge in [0, 0.05) is 31.5 Å². The van der Waals surface area contributed by atoms with Gasteiger partial charge in [-0.25, -0.2) is 0 Å². The Hall–Kier alpha value is -2.44. The highest BCUT2D eigenvalue weighted by molar-refractivity contribution is 5.70. The zero-order chi connectivity index (χ0) is 16.8. The molecule has 23 heavy (non-hydrogen) atoms. The van der Waals surface area contributed by atoms with Crippen molar-refractivity contribution in [3.63, 3.8) is 0 Å². The largest absolute Gasteiger partial charge is 0.399 e. The highest BCUT2D eigenvalue weighted by Crippen LogP contribution is 2.27. The van der Waals surface area contributed by atoms with Gasteiger partial charge in [-0.15, -0.1) is 0 Å². The molecule has 2 aromatic carbocycles. The van der Waals surface area contributed by atoms with E-state index in [-0.39, 0.29) is 13.2 Å². The lowest BCUT2D eigenvalue weighted by Crippen LogP contribution is -2.24. The summed E-state index contributed by atoms with van der Waals surface area (Å²) in [7, 11) is 1.96. The van der Waals surface area contributed by atoms with E-state index in [1.54, 1.807) is 12.1 Å². The smallest absolute Gasteiger partial charge is 0.0942 e. The molecule has 6 nitrogen and oxygen atoms in total. The van der Waals surface area contributed by atoms with Crippen molar-refractivity contribution in [3.8, 4) is 0 Å². The third kappa shape index (κ3) is 4.51. The first-order valence-electron chi connectivity index (χ1n) is 7.48. The maximum Gasteiger partial charge on any atom is 0.0942 e. The van der Waals surface area contributed by atoms with Gasteiger partial charge >= 0.3 is 0 Å². The molecule has 0 heterocycles. The lowest BCUT2D eigenvalue weighted by Gasteiger charge is -2.24. The quantitative estimate of drug-likeness (QED) is 0.492. The Bertz CT molecular complexity index is 648. The summed E-state index contributed by atoms with van der Waals surface area (Å²) in [6, 6.07) is 13.2. The van der Waals surface area contributed by atoms with E-state index >= 15 is 0 Å². The predicted octanol–water partition coefficient (Wildman–Crippen LogP) is 1.25. The number of aliphatic hydroxyl groups excluding tert-OH is 2. The summed E-state index contributed by atoms with van der Waals surface area (Å²) in [6.45, 7) is 0.616. The average molecular weight is 316 g/mol. The Labute approximate surface area is 136 Å². The molecule has 0 aliphatic rings. The molecule has 1 atom stereocenters. The number of nitrogen functional groups attached to an aromatic ring is 2. The highest BCUT2D eigenvalue weighted by atomic mass is 16.3. The van der Waals surface area contributed by atoms with Crippen LogP contribution in [0.4, 0.5) is 22.7 Å². The number of para-hydroxylation sites is 2. The molecule has 1 unspecified atom stereocenters. The van der Waals surface area contributed by atoms with Crippen LogP contribution in [0.3, 0.4) is 0 Å². The number of benzene rings is 2. The van der Waals surface area contributed by atoms with E-state index in [0.29, 0.717) is 17.9 Å². The Balaban J connectivity index is 2.15. The summed E-state index contributed by atoms with van der Waals surface area (Å²) in [5, 5.41) is 21.6. The van der Waals surface area contributed by atoms with E-state index in [4.69, 9.17) is 16.6 Å². The Morgan fingerprint density at radius 1 is 1.17 bits per heavy atom. The standard InChI is InChI=1S/C17H24N4O2/c1-21(10-12-8-13(18)6-7-15(12)19)17-5-3-2-4-16(17)20-9-14(23)11-22/h2-8,14,20,22-23H,9-11,18-19H2,1H3. The second-order valence-electron chi connectivity index (χ2n) is 5.55. The normalized spacial score (nSPS) is 12.0. The van der Waals surface area contributed by atoms with Gasteiger partial charge in [-0.1, -0.05) is 12.1 Å². The number of nitrogens with two attached hydrogens (primary N) is 2. The van der Waals surface area contributed by atoms with Crippen LogP contribution >= 0.6 is 0 Å². The van der Waals surface area contributed by atoms with Crippen LogP contribution in [0.25, 0.3) is 0 Å². The SMILES string of the molecule is CN(Cc1cc(N)ccc1N)c1ccccc1NCC(O)CO. The number of nitrogens with zero attached hydrogens (tertiary/aromatic N) is 1. The lowest BCUT2D eigenvalue weighted by molar-refractivity contribution is 0.105. The molecule has 0 amide bonds. The monoisotopic (exact) mass is 316 g/mol. The van der Waals surface area contributed by atoms with Crippen molar-refractivity contribution >= 4 is 22.7 Å². The highest BCUT2D eigenvalue weighted by Gasteiger charge is 2.10. The third-order valence-electron chi connectivity index (χ3n) is 3.63. The van der Waals surface area contributed by atoms with Crippen molar-refractivity contribution < 1.29 is 10.2 Å². The van der Waals surface area contributed by atoms with Gasteiger partial charge in [0.1, 0.15) is 0 Å². The lowest BCUT2D eigenvalue weighted by atomic mass is 10.1. The molecule has 124 valence electrons. The first-order valence-corrected chi connectivity index (χ1v) is 7.48. The fraction of sp³-hybridized carbons (Fsp3) is 0.294. The number of nitrogens with one attached hydrogen (secondary N) is 1. The van der Waals surface area contributed by atoms with Crippen LogP contribution < -0.4 is 21.7 Å². The predicted molar refractivity (Wildman–Crippen MR) is 95.4 cm³/mol. The van der Waals surface area contributed by atoms with Crippen molar-refractivity contribution in [2.75, 3.05) is 41.9 Å². The van der Waals surface area contributed by atoms with Crippen LogP contribution in [-0.2, 0) is 6.54 Å². The fourth-order valence-corrected chi connectivity index (χ4v) is 2.35. The van der Waals surface area contributed by atoms with E-state index in [2.05, 4.69) is 10.2 Å². The maximum atomic E-state index is 9.49. The van der Waals surface area contributed by atoms with Gasteiger partial charge in [-0.05, 0) is 35.9 Å². The minimum absolute atomic E-state index is 0.273. The molecule has 0 saturated heterocycles. The van der Waals surface area contributed by atoms with Gasteiger partial charge in [0.05, 0.1) is 24.1 Å². The van der Waals surface area contributed by atoms with Crippen LogP contribution in [0.1, 0.15) is 5.56 Å². The molecule has 0 bridgehead atoms. The topological polar surface area (TPSA) is 108 Å². The number of rotatable bonds is 7. The zero-order valence-electron chi connectivity index (χ0n) is 13.2. The van der Waals surface area contributed by atoms with Gasteiger partial charge < -0.3 is 31.9 Å². The van der Waals surface area contributed by atoms with Gasteiger partial charge in [0.25, 0.3) is 0 Å². The number of anilines is 4. The molecule has 0 spiro atoms. The second kappa shape index (κ2) is 7.71. The van der Waals surface area contributed by atoms with E-state index in [1.165, 1.54) is 0 Å². The summed E-state index contributed by atoms with van der Waals surface area (Å²) >= 11 is 0. The van der Waals surface area contributed by atoms with Gasteiger partial charge in [0.15, 0.2) is 0 Å². The Kier molecular flexibility index (Phi) is 5.67. The second-order valence-corrected chi connectivity index (χ2v) is 5.55. The van der Waals surface area contributed by atoms with Crippen molar-refractivity contribution in [3.05, 3.63) is 48.0 Å². The summed E-state index contributed by atoms with van der Waals surface area (Å²) in [5.41, 5.74) is 16.0. The molecular weight excluding hydrogens is 292 g/mol. The van der Waals surface area contributed by atoms with Gasteiger partial charge in [0.2, 0.25) is 0 Å². The van der Waals surface area contributed by atoms with Gasteiger partial charge in [-0.3, -0.25) is 0 Å². The minimum Gasteiger partial charge on any atom is -0.399 e. The molecule has 2 aromatic rings. The first-order chi connectivity index (χ1) is 11.0. The van der Waals surface area contributed by atoms with Gasteiger partial charge in [-0.2, -0.15) is 0 Å². The Morgan fingerprint density at radius 2 is 1.91 bits per heavy atom. The average Bonchev–Trinajstić information content (AvgIpc) is 2.56. The van der Waals surface area contributed by atoms with E-state index < -0.39 is 6.10 Å². The van der Waals surface area contributed by atoms with E-state index in [0.717, 1.165) is 16.9 Å². The zero-order valence-corrected chi connectivity index (χ0v) is 13.2. The van der Waals surface area contributed by atoms with Crippen LogP contribution in [0, 0.1) is 0 Å². The van der Waals surface area contributed by atoms with Crippen molar-refractivity contribution in [2.45, 2.75) is 12.6 Å². The maximum absolute atomic E-state index is 9.49. The number of hydrogen-bond donors (Lipinski definition) is 5. The molecule has 0 fully saturated rings. The molecule has 7 N–H and O–H groups in total. The molecule has 0 aliphatic heterocycles. The van der Waals surface area contributed by atoms with Crippen LogP contribution in [-0.4, -0.2) is 36.5 Å². The van der Waals surface area contributed by atoms with Crippen LogP contribution in [0.2, 0.25) is 0 Å². The molecule has 0 saturated carbocycles. The third-order valence-corrected chi connectivity index (χ3v) is 3.63. The molecular formula is C17H24N4O2. The molecule has 0 aromatic heterocycles. The first kappa shape index (κ1) is 16.9. The van der Waals surface area contributed by atoms with Crippen molar-refractivity contribution in [1.29, 1.82) is 0 Å². The minimum atomic E-state index is -0.794. The molecule has 0 radical (unpaired) electrons. The van der Waals surface area contributed by atoms with E-state index in [9.17, 15) is 5.11 Å². The fourth-order valence-electron chi connectivity index (χ4n) is 2.35.